The lowest BCUT2D eigenvalue weighted by Crippen LogP contribution is -2.44. The van der Waals surface area contributed by atoms with Gasteiger partial charge in [-0.25, -0.2) is 4.39 Å². The van der Waals surface area contributed by atoms with Crippen molar-refractivity contribution in [3.8, 4) is 0 Å². The summed E-state index contributed by atoms with van der Waals surface area (Å²) >= 11 is 0. The van der Waals surface area contributed by atoms with Crippen LogP contribution in [0.4, 0.5) is 4.39 Å². The lowest BCUT2D eigenvalue weighted by molar-refractivity contribution is 0.204. The summed E-state index contributed by atoms with van der Waals surface area (Å²) in [6.07, 6.45) is 0.835. The average molecular weight is 436 g/mol. The van der Waals surface area contributed by atoms with Gasteiger partial charge in [-0.3, -0.25) is 4.99 Å². The number of benzene rings is 1. The zero-order valence-electron chi connectivity index (χ0n) is 14.8. The molecule has 0 atom stereocenters. The molecule has 0 saturated heterocycles. The monoisotopic (exact) mass is 436 g/mol. The van der Waals surface area contributed by atoms with E-state index in [1.54, 1.807) is 0 Å². The van der Waals surface area contributed by atoms with Crippen molar-refractivity contribution in [1.82, 2.24) is 15.5 Å². The lowest BCUT2D eigenvalue weighted by atomic mass is 10.1. The molecule has 0 unspecified atom stereocenters. The maximum absolute atomic E-state index is 12.9. The molecule has 0 radical (unpaired) electrons. The Morgan fingerprint density at radius 3 is 2.30 bits per heavy atom. The van der Waals surface area contributed by atoms with E-state index in [-0.39, 0.29) is 35.3 Å². The molecule has 0 heterocycles. The molecule has 0 spiro atoms. The van der Waals surface area contributed by atoms with Crippen molar-refractivity contribution < 1.29 is 4.39 Å². The van der Waals surface area contributed by atoms with Crippen LogP contribution in [0.2, 0.25) is 0 Å². The molecule has 0 amide bonds. The number of hydrogen-bond acceptors (Lipinski definition) is 2. The number of halogens is 2. The van der Waals surface area contributed by atoms with Gasteiger partial charge in [-0.05, 0) is 59.0 Å². The topological polar surface area (TPSA) is 39.7 Å². The van der Waals surface area contributed by atoms with Gasteiger partial charge in [0.1, 0.15) is 5.82 Å². The molecule has 0 bridgehead atoms. The number of nitrogens with one attached hydrogen (secondary N) is 2. The predicted octanol–water partition coefficient (Wildman–Crippen LogP) is 2.88. The van der Waals surface area contributed by atoms with E-state index >= 15 is 0 Å². The normalized spacial score (nSPS) is 12.0. The quantitative estimate of drug-likeness (QED) is 0.393. The minimum atomic E-state index is -0.197. The Hall–Kier alpha value is -0.890. The molecule has 0 aliphatic heterocycles. The molecule has 4 nitrogen and oxygen atoms in total. The zero-order chi connectivity index (χ0) is 16.6. The van der Waals surface area contributed by atoms with Crippen LogP contribution in [0.1, 0.15) is 26.3 Å². The molecule has 2 N–H and O–H groups in total. The molecule has 0 aromatic heterocycles. The maximum Gasteiger partial charge on any atom is 0.191 e. The fourth-order valence-electron chi connectivity index (χ4n) is 1.73. The molecule has 1 rings (SSSR count). The number of hydrogen-bond donors (Lipinski definition) is 2. The van der Waals surface area contributed by atoms with Gasteiger partial charge in [0.15, 0.2) is 5.96 Å². The van der Waals surface area contributed by atoms with Crippen molar-refractivity contribution in [2.75, 3.05) is 33.7 Å². The molecular formula is C17H30FIN4. The van der Waals surface area contributed by atoms with Gasteiger partial charge in [0, 0.05) is 18.6 Å². The third-order valence-corrected chi connectivity index (χ3v) is 3.80. The zero-order valence-corrected chi connectivity index (χ0v) is 17.1. The van der Waals surface area contributed by atoms with E-state index in [1.165, 1.54) is 12.1 Å². The van der Waals surface area contributed by atoms with E-state index in [0.29, 0.717) is 6.54 Å². The second kappa shape index (κ2) is 10.8. The largest absolute Gasteiger partial charge is 0.357 e. The van der Waals surface area contributed by atoms with E-state index in [2.05, 4.69) is 48.5 Å². The van der Waals surface area contributed by atoms with E-state index in [4.69, 9.17) is 0 Å². The van der Waals surface area contributed by atoms with Gasteiger partial charge in [-0.1, -0.05) is 12.1 Å². The standard InChI is InChI=1S/C17H29FN4.HI/c1-6-19-16(21-13-17(2,3)22(4)5)20-12-11-14-7-9-15(18)10-8-14;/h7-10H,6,11-13H2,1-5H3,(H2,19,20,21);1H. The highest BCUT2D eigenvalue weighted by Crippen LogP contribution is 2.09. The minimum absolute atomic E-state index is 0. The van der Waals surface area contributed by atoms with Crippen LogP contribution in [0.25, 0.3) is 0 Å². The number of nitrogens with zero attached hydrogens (tertiary/aromatic N) is 2. The van der Waals surface area contributed by atoms with Gasteiger partial charge in [0.05, 0.1) is 6.54 Å². The first kappa shape index (κ1) is 22.1. The fourth-order valence-corrected chi connectivity index (χ4v) is 1.73. The van der Waals surface area contributed by atoms with Crippen LogP contribution >= 0.6 is 24.0 Å². The Balaban J connectivity index is 0.00000484. The van der Waals surface area contributed by atoms with Crippen molar-refractivity contribution in [1.29, 1.82) is 0 Å². The number of aliphatic imine (C=N–C) groups is 1. The van der Waals surface area contributed by atoms with E-state index < -0.39 is 0 Å². The van der Waals surface area contributed by atoms with E-state index in [0.717, 1.165) is 31.0 Å². The first-order valence-corrected chi connectivity index (χ1v) is 7.79. The van der Waals surface area contributed by atoms with Gasteiger partial charge in [-0.15, -0.1) is 24.0 Å². The molecule has 0 aliphatic carbocycles. The Labute approximate surface area is 157 Å². The second-order valence-corrected chi connectivity index (χ2v) is 6.21. The lowest BCUT2D eigenvalue weighted by Gasteiger charge is -2.31. The van der Waals surface area contributed by atoms with Gasteiger partial charge in [0.2, 0.25) is 0 Å². The van der Waals surface area contributed by atoms with E-state index in [1.807, 2.05) is 19.1 Å². The molecule has 23 heavy (non-hydrogen) atoms. The van der Waals surface area contributed by atoms with E-state index in [9.17, 15) is 4.39 Å². The molecule has 0 fully saturated rings. The van der Waals surface area contributed by atoms with Gasteiger partial charge < -0.3 is 15.5 Å². The predicted molar refractivity (Wildman–Crippen MR) is 107 cm³/mol. The van der Waals surface area contributed by atoms with Crippen molar-refractivity contribution in [2.45, 2.75) is 32.7 Å². The Morgan fingerprint density at radius 1 is 1.17 bits per heavy atom. The van der Waals surface area contributed by atoms with Crippen LogP contribution in [0.15, 0.2) is 29.3 Å². The van der Waals surface area contributed by atoms with Gasteiger partial charge >= 0.3 is 0 Å². The Morgan fingerprint density at radius 2 is 1.78 bits per heavy atom. The highest BCUT2D eigenvalue weighted by molar-refractivity contribution is 14.0. The molecule has 1 aromatic rings. The number of rotatable bonds is 7. The maximum atomic E-state index is 12.9. The summed E-state index contributed by atoms with van der Waals surface area (Å²) in [7, 11) is 4.12. The van der Waals surface area contributed by atoms with Gasteiger partial charge in [-0.2, -0.15) is 0 Å². The second-order valence-electron chi connectivity index (χ2n) is 6.21. The molecule has 1 aromatic carbocycles. The SMILES string of the molecule is CCNC(=NCC(C)(C)N(C)C)NCCc1ccc(F)cc1.I. The first-order valence-electron chi connectivity index (χ1n) is 7.79. The fraction of sp³-hybridized carbons (Fsp3) is 0.588. The van der Waals surface area contributed by atoms with Crippen LogP contribution in [0.5, 0.6) is 0 Å². The van der Waals surface area contributed by atoms with Crippen molar-refractivity contribution in [3.05, 3.63) is 35.6 Å². The van der Waals surface area contributed by atoms with Crippen LogP contribution in [-0.4, -0.2) is 50.1 Å². The summed E-state index contributed by atoms with van der Waals surface area (Å²) in [6.45, 7) is 8.68. The summed E-state index contributed by atoms with van der Waals surface area (Å²) in [5.74, 6) is 0.622. The summed E-state index contributed by atoms with van der Waals surface area (Å²) in [4.78, 5) is 6.81. The van der Waals surface area contributed by atoms with Crippen LogP contribution < -0.4 is 10.6 Å². The van der Waals surface area contributed by atoms with Crippen molar-refractivity contribution in [3.63, 3.8) is 0 Å². The van der Waals surface area contributed by atoms with Crippen LogP contribution in [0, 0.1) is 5.82 Å². The molecular weight excluding hydrogens is 406 g/mol. The first-order chi connectivity index (χ1) is 10.3. The smallest absolute Gasteiger partial charge is 0.191 e. The summed E-state index contributed by atoms with van der Waals surface area (Å²) < 4.78 is 12.9. The number of likely N-dealkylation sites (N-methyl/N-ethyl adjacent to an activating group) is 1. The van der Waals surface area contributed by atoms with Crippen LogP contribution in [-0.2, 0) is 6.42 Å². The van der Waals surface area contributed by atoms with Gasteiger partial charge in [0.25, 0.3) is 0 Å². The summed E-state index contributed by atoms with van der Waals surface area (Å²) in [5.41, 5.74) is 1.12. The molecule has 0 aliphatic rings. The van der Waals surface area contributed by atoms with Crippen molar-refractivity contribution in [2.24, 2.45) is 4.99 Å². The molecule has 132 valence electrons. The minimum Gasteiger partial charge on any atom is -0.357 e. The van der Waals surface area contributed by atoms with Crippen molar-refractivity contribution >= 4 is 29.9 Å². The highest BCUT2D eigenvalue weighted by atomic mass is 127. The third kappa shape index (κ3) is 8.50. The summed E-state index contributed by atoms with van der Waals surface area (Å²) in [6, 6.07) is 6.62. The highest BCUT2D eigenvalue weighted by Gasteiger charge is 2.19. The molecule has 0 saturated carbocycles. The summed E-state index contributed by atoms with van der Waals surface area (Å²) in [5, 5.41) is 6.57. The Kier molecular flexibility index (Phi) is 10.4. The van der Waals surface area contributed by atoms with Crippen LogP contribution in [0.3, 0.4) is 0 Å². The molecule has 6 heteroatoms. The number of guanidine groups is 1. The average Bonchev–Trinajstić information content (AvgIpc) is 2.46. The third-order valence-electron chi connectivity index (χ3n) is 3.80. The Bertz CT molecular complexity index is 472.